The van der Waals surface area contributed by atoms with Crippen LogP contribution in [-0.4, -0.2) is 54.5 Å². The maximum Gasteiger partial charge on any atom is 0.421 e. The summed E-state index contributed by atoms with van der Waals surface area (Å²) in [7, 11) is 3.62. The van der Waals surface area contributed by atoms with Crippen LogP contribution >= 0.6 is 12.4 Å². The fourth-order valence-electron chi connectivity index (χ4n) is 2.54. The van der Waals surface area contributed by atoms with Crippen molar-refractivity contribution in [1.29, 1.82) is 0 Å². The summed E-state index contributed by atoms with van der Waals surface area (Å²) in [5, 5.41) is 0. The Labute approximate surface area is 125 Å². The van der Waals surface area contributed by atoms with Crippen molar-refractivity contribution in [1.82, 2.24) is 9.80 Å². The predicted octanol–water partition coefficient (Wildman–Crippen LogP) is 2.61. The van der Waals surface area contributed by atoms with Crippen LogP contribution in [0.25, 0.3) is 0 Å². The molecule has 1 aliphatic heterocycles. The van der Waals surface area contributed by atoms with Crippen molar-refractivity contribution in [3.8, 4) is 0 Å². The first-order valence-corrected chi connectivity index (χ1v) is 6.81. The molecule has 1 saturated carbocycles. The lowest BCUT2D eigenvalue weighted by molar-refractivity contribution is 0.0126. The van der Waals surface area contributed by atoms with Crippen molar-refractivity contribution in [2.75, 3.05) is 20.6 Å². The Bertz CT molecular complexity index is 369. The van der Waals surface area contributed by atoms with Crippen molar-refractivity contribution >= 4 is 24.6 Å². The number of halogens is 1. The quantitative estimate of drug-likeness (QED) is 0.734. The summed E-state index contributed by atoms with van der Waals surface area (Å²) in [5.41, 5.74) is -0.463. The monoisotopic (exact) mass is 306 g/mol. The van der Waals surface area contributed by atoms with E-state index in [0.717, 1.165) is 30.6 Å². The molecule has 7 heteroatoms. The van der Waals surface area contributed by atoms with Gasteiger partial charge in [-0.05, 0) is 46.7 Å². The third-order valence-electron chi connectivity index (χ3n) is 3.95. The van der Waals surface area contributed by atoms with Gasteiger partial charge in [-0.3, -0.25) is 4.90 Å². The number of carbonyl (C=O) groups is 2. The SMILES string of the molecule is CC(OC(=O)N1CC2(CCCCC2)OC1=O)N(C)C.Cl. The second-order valence-electron chi connectivity index (χ2n) is 5.64. The molecule has 20 heavy (non-hydrogen) atoms. The minimum absolute atomic E-state index is 0. The van der Waals surface area contributed by atoms with Gasteiger partial charge in [0.05, 0.1) is 6.54 Å². The number of imide groups is 1. The van der Waals surface area contributed by atoms with E-state index in [2.05, 4.69) is 0 Å². The zero-order valence-electron chi connectivity index (χ0n) is 12.3. The van der Waals surface area contributed by atoms with E-state index >= 15 is 0 Å². The Kier molecular flexibility index (Phi) is 5.65. The van der Waals surface area contributed by atoms with Gasteiger partial charge in [0.2, 0.25) is 0 Å². The number of nitrogens with zero attached hydrogens (tertiary/aromatic N) is 2. The molecule has 1 spiro atoms. The first kappa shape index (κ1) is 17.0. The smallest absolute Gasteiger partial charge is 0.421 e. The molecule has 0 bridgehead atoms. The second kappa shape index (κ2) is 6.63. The highest BCUT2D eigenvalue weighted by Gasteiger charge is 2.48. The Morgan fingerprint density at radius 1 is 1.35 bits per heavy atom. The summed E-state index contributed by atoms with van der Waals surface area (Å²) >= 11 is 0. The van der Waals surface area contributed by atoms with Gasteiger partial charge in [0.25, 0.3) is 0 Å². The Morgan fingerprint density at radius 2 is 1.95 bits per heavy atom. The Morgan fingerprint density at radius 3 is 2.50 bits per heavy atom. The molecule has 1 unspecified atom stereocenters. The summed E-state index contributed by atoms with van der Waals surface area (Å²) in [5.74, 6) is 0. The van der Waals surface area contributed by atoms with E-state index in [1.54, 1.807) is 11.8 Å². The van der Waals surface area contributed by atoms with Gasteiger partial charge in [-0.1, -0.05) is 6.42 Å². The molecule has 1 heterocycles. The first-order chi connectivity index (χ1) is 8.93. The molecule has 0 aromatic rings. The minimum Gasteiger partial charge on any atom is -0.440 e. The summed E-state index contributed by atoms with van der Waals surface area (Å²) in [4.78, 5) is 26.7. The molecule has 116 valence electrons. The molecule has 6 nitrogen and oxygen atoms in total. The lowest BCUT2D eigenvalue weighted by atomic mass is 9.85. The zero-order chi connectivity index (χ0) is 14.0. The minimum atomic E-state index is -0.617. The maximum atomic E-state index is 12.0. The van der Waals surface area contributed by atoms with E-state index < -0.39 is 17.8 Å². The molecule has 2 rings (SSSR count). The first-order valence-electron chi connectivity index (χ1n) is 6.81. The summed E-state index contributed by atoms with van der Waals surface area (Å²) < 4.78 is 10.7. The number of ether oxygens (including phenoxy) is 2. The van der Waals surface area contributed by atoms with Crippen LogP contribution in [0.5, 0.6) is 0 Å². The molecular formula is C13H23ClN2O4. The molecule has 0 N–H and O–H groups in total. The molecule has 2 amide bonds. The van der Waals surface area contributed by atoms with Crippen LogP contribution in [-0.2, 0) is 9.47 Å². The number of carbonyl (C=O) groups excluding carboxylic acids is 2. The van der Waals surface area contributed by atoms with Gasteiger partial charge in [-0.25, -0.2) is 14.5 Å². The molecule has 2 fully saturated rings. The number of rotatable bonds is 2. The van der Waals surface area contributed by atoms with Gasteiger partial charge in [-0.2, -0.15) is 0 Å². The molecule has 0 aromatic carbocycles. The Hall–Kier alpha value is -1.01. The highest BCUT2D eigenvalue weighted by atomic mass is 35.5. The largest absolute Gasteiger partial charge is 0.440 e. The third kappa shape index (κ3) is 3.55. The predicted molar refractivity (Wildman–Crippen MR) is 75.9 cm³/mol. The number of amides is 2. The zero-order valence-corrected chi connectivity index (χ0v) is 13.1. The topological polar surface area (TPSA) is 59.1 Å². The van der Waals surface area contributed by atoms with Crippen molar-refractivity contribution in [2.45, 2.75) is 50.9 Å². The van der Waals surface area contributed by atoms with Gasteiger partial charge in [0, 0.05) is 0 Å². The fraction of sp³-hybridized carbons (Fsp3) is 0.846. The third-order valence-corrected chi connectivity index (χ3v) is 3.95. The van der Waals surface area contributed by atoms with Crippen LogP contribution in [0.1, 0.15) is 39.0 Å². The van der Waals surface area contributed by atoms with E-state index in [0.29, 0.717) is 6.54 Å². The van der Waals surface area contributed by atoms with E-state index in [9.17, 15) is 9.59 Å². The van der Waals surface area contributed by atoms with Crippen molar-refractivity contribution in [3.63, 3.8) is 0 Å². The van der Waals surface area contributed by atoms with E-state index in [-0.39, 0.29) is 18.6 Å². The highest BCUT2D eigenvalue weighted by molar-refractivity contribution is 5.89. The molecule has 0 radical (unpaired) electrons. The summed E-state index contributed by atoms with van der Waals surface area (Å²) in [6.07, 6.45) is 3.38. The molecular weight excluding hydrogens is 284 g/mol. The van der Waals surface area contributed by atoms with Gasteiger partial charge in [0.1, 0.15) is 5.60 Å². The average Bonchev–Trinajstić information content (AvgIpc) is 2.66. The lowest BCUT2D eigenvalue weighted by Crippen LogP contribution is -2.41. The van der Waals surface area contributed by atoms with Gasteiger partial charge < -0.3 is 9.47 Å². The fourth-order valence-corrected chi connectivity index (χ4v) is 2.54. The molecule has 0 aromatic heterocycles. The summed E-state index contributed by atoms with van der Waals surface area (Å²) in [6, 6.07) is 0. The van der Waals surface area contributed by atoms with Gasteiger partial charge in [-0.15, -0.1) is 12.4 Å². The van der Waals surface area contributed by atoms with Crippen molar-refractivity contribution in [2.24, 2.45) is 0 Å². The van der Waals surface area contributed by atoms with Crippen LogP contribution in [0.2, 0.25) is 0 Å². The van der Waals surface area contributed by atoms with Crippen LogP contribution < -0.4 is 0 Å². The standard InChI is InChI=1S/C13H22N2O4.ClH/c1-10(14(2)3)18-11(16)15-9-13(19-12(15)17)7-5-4-6-8-13;/h10H,4-9H2,1-3H3;1H. The van der Waals surface area contributed by atoms with Crippen molar-refractivity contribution in [3.05, 3.63) is 0 Å². The maximum absolute atomic E-state index is 12.0. The van der Waals surface area contributed by atoms with Crippen LogP contribution in [0.15, 0.2) is 0 Å². The second-order valence-corrected chi connectivity index (χ2v) is 5.64. The van der Waals surface area contributed by atoms with Crippen molar-refractivity contribution < 1.29 is 19.1 Å². The molecule has 1 aliphatic carbocycles. The van der Waals surface area contributed by atoms with Gasteiger partial charge in [0.15, 0.2) is 6.23 Å². The molecule has 2 aliphatic rings. The number of hydrogen-bond donors (Lipinski definition) is 0. The van der Waals surface area contributed by atoms with Crippen LogP contribution in [0.4, 0.5) is 9.59 Å². The van der Waals surface area contributed by atoms with E-state index in [4.69, 9.17) is 9.47 Å². The van der Waals surface area contributed by atoms with E-state index in [1.807, 2.05) is 14.1 Å². The Balaban J connectivity index is 0.00000200. The van der Waals surface area contributed by atoms with E-state index in [1.165, 1.54) is 6.42 Å². The number of hydrogen-bond acceptors (Lipinski definition) is 5. The van der Waals surface area contributed by atoms with Gasteiger partial charge >= 0.3 is 12.2 Å². The normalized spacial score (nSPS) is 22.4. The lowest BCUT2D eigenvalue weighted by Gasteiger charge is -2.30. The molecule has 1 saturated heterocycles. The highest BCUT2D eigenvalue weighted by Crippen LogP contribution is 2.37. The average molecular weight is 307 g/mol. The van der Waals surface area contributed by atoms with Crippen LogP contribution in [0.3, 0.4) is 0 Å². The van der Waals surface area contributed by atoms with Crippen LogP contribution in [0, 0.1) is 0 Å². The molecule has 1 atom stereocenters. The summed E-state index contributed by atoms with van der Waals surface area (Å²) in [6.45, 7) is 2.08.